The molecular formula is C15H17N7O5S2. The molecule has 3 aromatic rings. The first-order valence-corrected chi connectivity index (χ1v) is 10.1. The van der Waals surface area contributed by atoms with Crippen LogP contribution < -0.4 is 16.6 Å². The van der Waals surface area contributed by atoms with Gasteiger partial charge in [0.05, 0.1) is 18.7 Å². The number of thioether (sulfide) groups is 1. The zero-order valence-corrected chi connectivity index (χ0v) is 17.4. The highest BCUT2D eigenvalue weighted by Crippen LogP contribution is 2.25. The number of aryl methyl sites for hydroxylation is 1. The molecule has 12 nitrogen and oxygen atoms in total. The summed E-state index contributed by atoms with van der Waals surface area (Å²) in [7, 11) is 2.86. The molecular weight excluding hydrogens is 422 g/mol. The summed E-state index contributed by atoms with van der Waals surface area (Å²) in [4.78, 5) is 52.1. The molecule has 0 unspecified atom stereocenters. The largest absolute Gasteiger partial charge is 0.465 e. The molecule has 0 fully saturated rings. The van der Waals surface area contributed by atoms with Crippen LogP contribution in [-0.4, -0.2) is 53.1 Å². The van der Waals surface area contributed by atoms with Crippen molar-refractivity contribution >= 4 is 51.3 Å². The van der Waals surface area contributed by atoms with E-state index in [9.17, 15) is 19.2 Å². The molecule has 0 aliphatic rings. The van der Waals surface area contributed by atoms with Gasteiger partial charge in [-0.15, -0.1) is 10.2 Å². The van der Waals surface area contributed by atoms with Gasteiger partial charge in [0, 0.05) is 14.1 Å². The predicted molar refractivity (Wildman–Crippen MR) is 106 cm³/mol. The number of imidazole rings is 1. The second kappa shape index (κ2) is 8.57. The lowest BCUT2D eigenvalue weighted by Crippen LogP contribution is -2.37. The minimum absolute atomic E-state index is 0.0967. The molecule has 14 heteroatoms. The number of amides is 1. The van der Waals surface area contributed by atoms with Crippen LogP contribution in [0.25, 0.3) is 11.2 Å². The first-order valence-electron chi connectivity index (χ1n) is 8.34. The Balaban J connectivity index is 1.70. The third-order valence-electron chi connectivity index (χ3n) is 3.80. The predicted octanol–water partition coefficient (Wildman–Crippen LogP) is -0.421. The molecule has 0 saturated heterocycles. The highest BCUT2D eigenvalue weighted by atomic mass is 32.2. The first-order chi connectivity index (χ1) is 13.8. The monoisotopic (exact) mass is 439 g/mol. The highest BCUT2D eigenvalue weighted by molar-refractivity contribution is 8.01. The molecule has 1 N–H and O–H groups in total. The number of esters is 1. The smallest absolute Gasteiger partial charge is 0.332 e. The number of hydrogen-bond donors (Lipinski definition) is 1. The van der Waals surface area contributed by atoms with Gasteiger partial charge in [-0.05, 0) is 6.92 Å². The van der Waals surface area contributed by atoms with Crippen molar-refractivity contribution in [2.75, 3.05) is 17.7 Å². The van der Waals surface area contributed by atoms with Crippen molar-refractivity contribution in [2.45, 2.75) is 17.8 Å². The Morgan fingerprint density at radius 3 is 2.72 bits per heavy atom. The number of carbonyl (C=O) groups is 2. The van der Waals surface area contributed by atoms with Gasteiger partial charge in [-0.1, -0.05) is 23.1 Å². The zero-order chi connectivity index (χ0) is 21.1. The molecule has 29 heavy (non-hydrogen) atoms. The Morgan fingerprint density at radius 2 is 2.00 bits per heavy atom. The van der Waals surface area contributed by atoms with Crippen LogP contribution in [0.15, 0.2) is 20.3 Å². The Kier molecular flexibility index (Phi) is 6.12. The fraction of sp³-hybridized carbons (Fsp3) is 0.400. The van der Waals surface area contributed by atoms with E-state index >= 15 is 0 Å². The minimum atomic E-state index is -0.540. The van der Waals surface area contributed by atoms with Crippen LogP contribution in [0.2, 0.25) is 0 Å². The maximum Gasteiger partial charge on any atom is 0.332 e. The SMILES string of the molecule is CCOC(=O)CSc1nnc(NC(=O)Cn2cnc3c2c(=O)n(C)c(=O)n3C)s1. The van der Waals surface area contributed by atoms with Crippen molar-refractivity contribution in [1.29, 1.82) is 0 Å². The maximum atomic E-state index is 12.4. The molecule has 1 amide bonds. The molecule has 0 aromatic carbocycles. The summed E-state index contributed by atoms with van der Waals surface area (Å²) in [6, 6.07) is 0. The fourth-order valence-corrected chi connectivity index (χ4v) is 4.04. The van der Waals surface area contributed by atoms with E-state index in [4.69, 9.17) is 4.74 Å². The summed E-state index contributed by atoms with van der Waals surface area (Å²) < 4.78 is 8.90. The lowest BCUT2D eigenvalue weighted by molar-refractivity contribution is -0.139. The van der Waals surface area contributed by atoms with Gasteiger partial charge in [-0.25, -0.2) is 9.78 Å². The van der Waals surface area contributed by atoms with Crippen LogP contribution in [0.5, 0.6) is 0 Å². The molecule has 0 atom stereocenters. The third kappa shape index (κ3) is 4.37. The quantitative estimate of drug-likeness (QED) is 0.295. The van der Waals surface area contributed by atoms with Crippen LogP contribution in [0.3, 0.4) is 0 Å². The second-order valence-corrected chi connectivity index (χ2v) is 7.97. The van der Waals surface area contributed by atoms with Crippen molar-refractivity contribution in [3.8, 4) is 0 Å². The molecule has 0 aliphatic carbocycles. The average molecular weight is 439 g/mol. The van der Waals surface area contributed by atoms with Crippen LogP contribution in [0.4, 0.5) is 5.13 Å². The number of rotatable bonds is 7. The third-order valence-corrected chi connectivity index (χ3v) is 5.75. The van der Waals surface area contributed by atoms with Crippen molar-refractivity contribution in [1.82, 2.24) is 28.9 Å². The summed E-state index contributed by atoms with van der Waals surface area (Å²) in [5.41, 5.74) is -0.701. The maximum absolute atomic E-state index is 12.4. The normalized spacial score (nSPS) is 11.0. The summed E-state index contributed by atoms with van der Waals surface area (Å²) in [5, 5.41) is 10.6. The number of ether oxygens (including phenoxy) is 1. The van der Waals surface area contributed by atoms with Crippen LogP contribution >= 0.6 is 23.1 Å². The standard InChI is InChI=1S/C15H17N7O5S2/c1-4-27-9(24)6-28-14-19-18-13(29-14)17-8(23)5-22-7-16-11-10(22)12(25)21(3)15(26)20(11)2/h7H,4-6H2,1-3H3,(H,17,18,23). The molecule has 154 valence electrons. The first kappa shape index (κ1) is 20.7. The summed E-state index contributed by atoms with van der Waals surface area (Å²) in [6.07, 6.45) is 1.33. The molecule has 0 radical (unpaired) electrons. The average Bonchev–Trinajstić information content (AvgIpc) is 3.30. The summed E-state index contributed by atoms with van der Waals surface area (Å²) >= 11 is 2.27. The van der Waals surface area contributed by atoms with Crippen molar-refractivity contribution < 1.29 is 14.3 Å². The van der Waals surface area contributed by atoms with E-state index in [1.54, 1.807) is 6.92 Å². The van der Waals surface area contributed by atoms with Crippen molar-refractivity contribution in [3.05, 3.63) is 27.2 Å². The van der Waals surface area contributed by atoms with Gasteiger partial charge >= 0.3 is 11.7 Å². The summed E-state index contributed by atoms with van der Waals surface area (Å²) in [5.74, 6) is -0.709. The van der Waals surface area contributed by atoms with E-state index in [-0.39, 0.29) is 34.6 Å². The number of anilines is 1. The van der Waals surface area contributed by atoms with Gasteiger partial charge in [0.15, 0.2) is 15.5 Å². The van der Waals surface area contributed by atoms with Crippen molar-refractivity contribution in [2.24, 2.45) is 14.1 Å². The number of aromatic nitrogens is 6. The Labute approximate surface area is 171 Å². The van der Waals surface area contributed by atoms with Gasteiger partial charge in [0.1, 0.15) is 6.54 Å². The van der Waals surface area contributed by atoms with Gasteiger partial charge in [0.25, 0.3) is 5.56 Å². The highest BCUT2D eigenvalue weighted by Gasteiger charge is 2.17. The van der Waals surface area contributed by atoms with E-state index in [0.29, 0.717) is 10.9 Å². The van der Waals surface area contributed by atoms with Crippen molar-refractivity contribution in [3.63, 3.8) is 0 Å². The van der Waals surface area contributed by atoms with Gasteiger partial charge in [0.2, 0.25) is 11.0 Å². The Bertz CT molecular complexity index is 1190. The van der Waals surface area contributed by atoms with Crippen LogP contribution in [0, 0.1) is 0 Å². The van der Waals surface area contributed by atoms with Gasteiger partial charge in [-0.3, -0.25) is 28.8 Å². The topological polar surface area (TPSA) is 143 Å². The lowest BCUT2D eigenvalue weighted by atomic mass is 10.4. The van der Waals surface area contributed by atoms with Gasteiger partial charge < -0.3 is 9.30 Å². The molecule has 0 saturated carbocycles. The van der Waals surface area contributed by atoms with Crippen LogP contribution in [-0.2, 0) is 35.0 Å². The number of carbonyl (C=O) groups excluding carboxylic acids is 2. The van der Waals surface area contributed by atoms with E-state index in [1.807, 2.05) is 0 Å². The number of fused-ring (bicyclic) bond motifs is 1. The summed E-state index contributed by atoms with van der Waals surface area (Å²) in [6.45, 7) is 1.83. The van der Waals surface area contributed by atoms with E-state index < -0.39 is 17.2 Å². The molecule has 0 spiro atoms. The number of nitrogens with one attached hydrogen (secondary N) is 1. The second-order valence-electron chi connectivity index (χ2n) is 5.77. The van der Waals surface area contributed by atoms with Crippen LogP contribution in [0.1, 0.15) is 6.92 Å². The number of nitrogens with zero attached hydrogens (tertiary/aromatic N) is 6. The molecule has 0 aliphatic heterocycles. The molecule has 0 bridgehead atoms. The zero-order valence-electron chi connectivity index (χ0n) is 15.7. The lowest BCUT2D eigenvalue weighted by Gasteiger charge is -2.06. The minimum Gasteiger partial charge on any atom is -0.465 e. The molecule has 3 heterocycles. The van der Waals surface area contributed by atoms with E-state index in [1.165, 1.54) is 29.6 Å². The Hall–Kier alpha value is -3.00. The fourth-order valence-electron chi connectivity index (χ4n) is 2.47. The van der Waals surface area contributed by atoms with Gasteiger partial charge in [-0.2, -0.15) is 0 Å². The van der Waals surface area contributed by atoms with E-state index in [2.05, 4.69) is 20.5 Å². The number of hydrogen-bond acceptors (Lipinski definition) is 10. The molecule has 3 rings (SSSR count). The molecule has 3 aromatic heterocycles. The Morgan fingerprint density at radius 1 is 1.24 bits per heavy atom. The van der Waals surface area contributed by atoms with E-state index in [0.717, 1.165) is 27.7 Å².